The fraction of sp³-hybridized carbons (Fsp3) is 0.412. The van der Waals surface area contributed by atoms with Gasteiger partial charge in [0.05, 0.1) is 24.1 Å². The van der Waals surface area contributed by atoms with E-state index in [-0.39, 0.29) is 24.8 Å². The molecular weight excluding hydrogens is 360 g/mol. The molecule has 0 fully saturated rings. The Balaban J connectivity index is 2.05. The van der Waals surface area contributed by atoms with Gasteiger partial charge in [0.25, 0.3) is 5.91 Å². The minimum atomic E-state index is -3.13. The molecule has 1 N–H and O–H groups in total. The number of sulfone groups is 1. The highest BCUT2D eigenvalue weighted by atomic mass is 32.2. The van der Waals surface area contributed by atoms with Crippen LogP contribution in [0.3, 0.4) is 0 Å². The molecule has 0 spiro atoms. The van der Waals surface area contributed by atoms with Gasteiger partial charge in [0.2, 0.25) is 0 Å². The predicted molar refractivity (Wildman–Crippen MR) is 95.3 cm³/mol. The van der Waals surface area contributed by atoms with Gasteiger partial charge < -0.3 is 19.3 Å². The van der Waals surface area contributed by atoms with Crippen molar-refractivity contribution < 1.29 is 27.2 Å². The Morgan fingerprint density at radius 1 is 1.27 bits per heavy atom. The van der Waals surface area contributed by atoms with Crippen LogP contribution in [0.5, 0.6) is 11.5 Å². The van der Waals surface area contributed by atoms with Crippen LogP contribution >= 0.6 is 0 Å². The first-order valence-electron chi connectivity index (χ1n) is 7.89. The van der Waals surface area contributed by atoms with Crippen molar-refractivity contribution in [3.63, 3.8) is 0 Å². The molecule has 1 heterocycles. The highest BCUT2D eigenvalue weighted by molar-refractivity contribution is 7.90. The molecule has 0 aliphatic heterocycles. The number of aromatic nitrogens is 1. The van der Waals surface area contributed by atoms with Gasteiger partial charge in [-0.3, -0.25) is 4.79 Å². The fourth-order valence-corrected chi connectivity index (χ4v) is 2.71. The van der Waals surface area contributed by atoms with Gasteiger partial charge in [0.15, 0.2) is 11.5 Å². The third kappa shape index (κ3) is 5.22. The lowest BCUT2D eigenvalue weighted by Crippen LogP contribution is -2.28. The summed E-state index contributed by atoms with van der Waals surface area (Å²) in [5, 5.41) is 6.43. The van der Waals surface area contributed by atoms with Crippen LogP contribution in [0, 0.1) is 13.8 Å². The maximum atomic E-state index is 12.1. The minimum absolute atomic E-state index is 0.0459. The molecular formula is C17H22N2O6S. The molecule has 0 saturated carbocycles. The van der Waals surface area contributed by atoms with Crippen LogP contribution in [0.2, 0.25) is 0 Å². The van der Waals surface area contributed by atoms with Crippen molar-refractivity contribution in [3.05, 3.63) is 40.8 Å². The second-order valence-electron chi connectivity index (χ2n) is 5.84. The number of methoxy groups -OCH3 is 1. The number of amides is 1. The third-order valence-corrected chi connectivity index (χ3v) is 4.68. The van der Waals surface area contributed by atoms with E-state index >= 15 is 0 Å². The van der Waals surface area contributed by atoms with Gasteiger partial charge in [-0.1, -0.05) is 5.16 Å². The van der Waals surface area contributed by atoms with Crippen molar-refractivity contribution in [2.75, 3.05) is 25.7 Å². The molecule has 1 amide bonds. The molecule has 0 bridgehead atoms. The first-order chi connectivity index (χ1) is 12.2. The zero-order valence-electron chi connectivity index (χ0n) is 15.2. The Labute approximate surface area is 152 Å². The summed E-state index contributed by atoms with van der Waals surface area (Å²) in [6.45, 7) is 3.94. The molecule has 0 atom stereocenters. The van der Waals surface area contributed by atoms with E-state index in [0.29, 0.717) is 22.8 Å². The molecule has 0 aliphatic carbocycles. The van der Waals surface area contributed by atoms with Crippen molar-refractivity contribution >= 4 is 15.7 Å². The molecule has 8 nitrogen and oxygen atoms in total. The lowest BCUT2D eigenvalue weighted by Gasteiger charge is -2.12. The summed E-state index contributed by atoms with van der Waals surface area (Å²) in [5.74, 6) is 1.05. The summed E-state index contributed by atoms with van der Waals surface area (Å²) in [5.41, 5.74) is 1.96. The number of hydrogen-bond donors (Lipinski definition) is 1. The van der Waals surface area contributed by atoms with Crippen LogP contribution in [0.15, 0.2) is 22.7 Å². The number of carbonyl (C=O) groups excluding carboxylic acids is 1. The predicted octanol–water partition coefficient (Wildman–Crippen LogP) is 1.65. The smallest absolute Gasteiger partial charge is 0.251 e. The monoisotopic (exact) mass is 382 g/mol. The van der Waals surface area contributed by atoms with E-state index in [1.165, 1.54) is 7.11 Å². The van der Waals surface area contributed by atoms with E-state index in [4.69, 9.17) is 14.0 Å². The quantitative estimate of drug-likeness (QED) is 0.739. The van der Waals surface area contributed by atoms with E-state index < -0.39 is 9.84 Å². The Bertz CT molecular complexity index is 869. The van der Waals surface area contributed by atoms with E-state index in [1.54, 1.807) is 25.1 Å². The van der Waals surface area contributed by atoms with Gasteiger partial charge in [-0.2, -0.15) is 0 Å². The first-order valence-corrected chi connectivity index (χ1v) is 9.96. The summed E-state index contributed by atoms with van der Waals surface area (Å²) in [7, 11) is -1.65. The van der Waals surface area contributed by atoms with Crippen molar-refractivity contribution in [2.45, 2.75) is 20.5 Å². The van der Waals surface area contributed by atoms with Crippen LogP contribution in [0.1, 0.15) is 27.4 Å². The van der Waals surface area contributed by atoms with Gasteiger partial charge in [-0.15, -0.1) is 0 Å². The molecule has 9 heteroatoms. The highest BCUT2D eigenvalue weighted by Crippen LogP contribution is 2.29. The largest absolute Gasteiger partial charge is 0.493 e. The van der Waals surface area contributed by atoms with Gasteiger partial charge in [0.1, 0.15) is 22.2 Å². The van der Waals surface area contributed by atoms with Crippen molar-refractivity contribution in [2.24, 2.45) is 0 Å². The number of nitrogens with zero attached hydrogens (tertiary/aromatic N) is 1. The average molecular weight is 382 g/mol. The molecule has 0 unspecified atom stereocenters. The average Bonchev–Trinajstić information content (AvgIpc) is 2.90. The zero-order chi connectivity index (χ0) is 19.3. The summed E-state index contributed by atoms with van der Waals surface area (Å²) >= 11 is 0. The summed E-state index contributed by atoms with van der Waals surface area (Å²) in [6, 6.07) is 4.75. The Morgan fingerprint density at radius 2 is 2.00 bits per heavy atom. The van der Waals surface area contributed by atoms with Gasteiger partial charge in [-0.25, -0.2) is 8.42 Å². The molecule has 1 aromatic heterocycles. The molecule has 2 rings (SSSR count). The summed E-state index contributed by atoms with van der Waals surface area (Å²) < 4.78 is 38.4. The van der Waals surface area contributed by atoms with Crippen LogP contribution in [-0.4, -0.2) is 45.1 Å². The number of carbonyl (C=O) groups is 1. The molecule has 2 aromatic rings. The van der Waals surface area contributed by atoms with Crippen LogP contribution < -0.4 is 14.8 Å². The normalized spacial score (nSPS) is 11.2. The molecule has 1 aromatic carbocycles. The number of ether oxygens (including phenoxy) is 2. The first kappa shape index (κ1) is 19.8. The second kappa shape index (κ2) is 8.22. The SMILES string of the molecule is COc1cc(C(=O)NCCS(C)(=O)=O)ccc1OCc1c(C)noc1C. The van der Waals surface area contributed by atoms with Gasteiger partial charge in [0, 0.05) is 18.4 Å². The Morgan fingerprint density at radius 3 is 2.58 bits per heavy atom. The Kier molecular flexibility index (Phi) is 6.25. The maximum absolute atomic E-state index is 12.1. The van der Waals surface area contributed by atoms with E-state index in [9.17, 15) is 13.2 Å². The van der Waals surface area contributed by atoms with Crippen molar-refractivity contribution in [1.82, 2.24) is 10.5 Å². The fourth-order valence-electron chi connectivity index (χ4n) is 2.24. The lowest BCUT2D eigenvalue weighted by molar-refractivity contribution is 0.0955. The number of rotatable bonds is 8. The molecule has 26 heavy (non-hydrogen) atoms. The van der Waals surface area contributed by atoms with Crippen LogP contribution in [0.4, 0.5) is 0 Å². The zero-order valence-corrected chi connectivity index (χ0v) is 16.0. The summed E-state index contributed by atoms with van der Waals surface area (Å²) in [6.07, 6.45) is 1.12. The molecule has 0 radical (unpaired) electrons. The number of benzene rings is 1. The minimum Gasteiger partial charge on any atom is -0.493 e. The van der Waals surface area contributed by atoms with Crippen LogP contribution in [0.25, 0.3) is 0 Å². The van der Waals surface area contributed by atoms with E-state index in [0.717, 1.165) is 17.5 Å². The number of nitrogens with one attached hydrogen (secondary N) is 1. The van der Waals surface area contributed by atoms with Crippen molar-refractivity contribution in [1.29, 1.82) is 0 Å². The Hall–Kier alpha value is -2.55. The standard InChI is InChI=1S/C17H22N2O6S/c1-11-14(12(2)25-19-11)10-24-15-6-5-13(9-16(15)23-3)17(20)18-7-8-26(4,21)22/h5-6,9H,7-8,10H2,1-4H3,(H,18,20). The molecule has 142 valence electrons. The van der Waals surface area contributed by atoms with E-state index in [2.05, 4.69) is 10.5 Å². The van der Waals surface area contributed by atoms with Gasteiger partial charge in [-0.05, 0) is 32.0 Å². The topological polar surface area (TPSA) is 108 Å². The van der Waals surface area contributed by atoms with Gasteiger partial charge >= 0.3 is 0 Å². The lowest BCUT2D eigenvalue weighted by atomic mass is 10.2. The highest BCUT2D eigenvalue weighted by Gasteiger charge is 2.14. The molecule has 0 saturated heterocycles. The third-order valence-electron chi connectivity index (χ3n) is 3.74. The van der Waals surface area contributed by atoms with E-state index in [1.807, 2.05) is 6.92 Å². The second-order valence-corrected chi connectivity index (χ2v) is 8.10. The van der Waals surface area contributed by atoms with Crippen molar-refractivity contribution in [3.8, 4) is 11.5 Å². The summed E-state index contributed by atoms with van der Waals surface area (Å²) in [4.78, 5) is 12.1. The number of aryl methyl sites for hydroxylation is 2. The number of hydrogen-bond acceptors (Lipinski definition) is 7. The molecule has 0 aliphatic rings. The maximum Gasteiger partial charge on any atom is 0.251 e. The van der Waals surface area contributed by atoms with Crippen LogP contribution in [-0.2, 0) is 16.4 Å².